The van der Waals surface area contributed by atoms with Crippen LogP contribution in [0.1, 0.15) is 46.5 Å². The van der Waals surface area contributed by atoms with Gasteiger partial charge in [0, 0.05) is 12.6 Å². The van der Waals surface area contributed by atoms with Crippen molar-refractivity contribution in [2.24, 2.45) is 5.92 Å². The highest BCUT2D eigenvalue weighted by Gasteiger charge is 2.27. The number of nitrogens with zero attached hydrogens (tertiary/aromatic N) is 1. The first-order chi connectivity index (χ1) is 6.69. The van der Waals surface area contributed by atoms with Gasteiger partial charge in [0.15, 0.2) is 0 Å². The van der Waals surface area contributed by atoms with Crippen molar-refractivity contribution in [2.45, 2.75) is 58.6 Å². The Bertz CT molecular complexity index is 160. The minimum Gasteiger partial charge on any atom is -0.393 e. The summed E-state index contributed by atoms with van der Waals surface area (Å²) in [4.78, 5) is 2.50. The predicted molar refractivity (Wildman–Crippen MR) is 60.3 cm³/mol. The predicted octanol–water partition coefficient (Wildman–Crippen LogP) is 2.27. The van der Waals surface area contributed by atoms with Crippen molar-refractivity contribution in [1.29, 1.82) is 0 Å². The van der Waals surface area contributed by atoms with Crippen molar-refractivity contribution in [3.05, 3.63) is 0 Å². The topological polar surface area (TPSA) is 23.5 Å². The van der Waals surface area contributed by atoms with Crippen LogP contribution in [-0.4, -0.2) is 35.2 Å². The molecular weight excluding hydrogens is 174 g/mol. The molecule has 1 aliphatic rings. The van der Waals surface area contributed by atoms with E-state index in [0.717, 1.165) is 19.5 Å². The van der Waals surface area contributed by atoms with Crippen LogP contribution in [0.3, 0.4) is 0 Å². The van der Waals surface area contributed by atoms with E-state index in [0.29, 0.717) is 12.0 Å². The van der Waals surface area contributed by atoms with E-state index in [1.165, 1.54) is 19.3 Å². The molecule has 0 spiro atoms. The molecule has 0 aromatic carbocycles. The van der Waals surface area contributed by atoms with Gasteiger partial charge in [0.05, 0.1) is 6.10 Å². The van der Waals surface area contributed by atoms with Gasteiger partial charge >= 0.3 is 0 Å². The highest BCUT2D eigenvalue weighted by molar-refractivity contribution is 4.80. The van der Waals surface area contributed by atoms with Gasteiger partial charge in [-0.1, -0.05) is 20.3 Å². The third-order valence-corrected chi connectivity index (χ3v) is 3.71. The van der Waals surface area contributed by atoms with Crippen LogP contribution in [0.2, 0.25) is 0 Å². The summed E-state index contributed by atoms with van der Waals surface area (Å²) in [5, 5.41) is 9.76. The zero-order chi connectivity index (χ0) is 10.6. The fourth-order valence-corrected chi connectivity index (χ4v) is 2.41. The molecule has 3 atom stereocenters. The molecule has 0 aliphatic heterocycles. The summed E-state index contributed by atoms with van der Waals surface area (Å²) >= 11 is 0. The normalized spacial score (nSPS) is 29.8. The first-order valence-electron chi connectivity index (χ1n) is 6.11. The minimum atomic E-state index is -0.0342. The fourth-order valence-electron chi connectivity index (χ4n) is 2.41. The van der Waals surface area contributed by atoms with Gasteiger partial charge in [0.25, 0.3) is 0 Å². The van der Waals surface area contributed by atoms with Gasteiger partial charge in [-0.2, -0.15) is 0 Å². The van der Waals surface area contributed by atoms with E-state index in [2.05, 4.69) is 25.7 Å². The Kier molecular flexibility index (Phi) is 4.90. The first kappa shape index (κ1) is 12.0. The maximum atomic E-state index is 9.76. The molecular formula is C12H25NO. The highest BCUT2D eigenvalue weighted by Crippen LogP contribution is 2.26. The number of rotatable bonds is 5. The van der Waals surface area contributed by atoms with Crippen LogP contribution < -0.4 is 0 Å². The molecule has 1 aliphatic carbocycles. The molecule has 3 unspecified atom stereocenters. The van der Waals surface area contributed by atoms with E-state index in [1.807, 2.05) is 0 Å². The second-order valence-electron chi connectivity index (χ2n) is 4.60. The fraction of sp³-hybridized carbons (Fsp3) is 1.00. The molecule has 2 nitrogen and oxygen atoms in total. The van der Waals surface area contributed by atoms with Gasteiger partial charge in [0.1, 0.15) is 0 Å². The molecule has 1 rings (SSSR count). The lowest BCUT2D eigenvalue weighted by Crippen LogP contribution is -2.38. The van der Waals surface area contributed by atoms with Crippen LogP contribution in [0.25, 0.3) is 0 Å². The summed E-state index contributed by atoms with van der Waals surface area (Å²) in [6.45, 7) is 8.93. The Hall–Kier alpha value is -0.0800. The zero-order valence-electron chi connectivity index (χ0n) is 9.87. The van der Waals surface area contributed by atoms with Gasteiger partial charge in [-0.25, -0.2) is 0 Å². The number of aliphatic hydroxyl groups excluding tert-OH is 1. The lowest BCUT2D eigenvalue weighted by Gasteiger charge is -2.30. The van der Waals surface area contributed by atoms with E-state index in [4.69, 9.17) is 0 Å². The average Bonchev–Trinajstić information content (AvgIpc) is 2.59. The SMILES string of the molecule is CCC(C)N(CC)CC1CCCC1O. The second kappa shape index (κ2) is 5.72. The largest absolute Gasteiger partial charge is 0.393 e. The molecule has 0 radical (unpaired) electrons. The van der Waals surface area contributed by atoms with E-state index in [9.17, 15) is 5.11 Å². The molecule has 0 aromatic heterocycles. The molecule has 1 saturated carbocycles. The summed E-state index contributed by atoms with van der Waals surface area (Å²) in [6, 6.07) is 0.660. The van der Waals surface area contributed by atoms with Crippen molar-refractivity contribution in [3.63, 3.8) is 0 Å². The van der Waals surface area contributed by atoms with Gasteiger partial charge in [-0.15, -0.1) is 0 Å². The third kappa shape index (κ3) is 2.96. The number of aliphatic hydroxyl groups is 1. The molecule has 1 N–H and O–H groups in total. The summed E-state index contributed by atoms with van der Waals surface area (Å²) in [6.07, 6.45) is 4.62. The molecule has 84 valence electrons. The minimum absolute atomic E-state index is 0.0342. The van der Waals surface area contributed by atoms with Gasteiger partial charge in [-0.05, 0) is 38.6 Å². The van der Waals surface area contributed by atoms with Crippen LogP contribution in [0.15, 0.2) is 0 Å². The van der Waals surface area contributed by atoms with Crippen molar-refractivity contribution in [2.75, 3.05) is 13.1 Å². The second-order valence-corrected chi connectivity index (χ2v) is 4.60. The highest BCUT2D eigenvalue weighted by atomic mass is 16.3. The van der Waals surface area contributed by atoms with Crippen molar-refractivity contribution < 1.29 is 5.11 Å². The Labute approximate surface area is 88.3 Å². The van der Waals surface area contributed by atoms with Gasteiger partial charge in [0.2, 0.25) is 0 Å². The zero-order valence-corrected chi connectivity index (χ0v) is 9.87. The summed E-state index contributed by atoms with van der Waals surface area (Å²) < 4.78 is 0. The Balaban J connectivity index is 2.39. The number of hydrogen-bond donors (Lipinski definition) is 1. The maximum Gasteiger partial charge on any atom is 0.0580 e. The molecule has 0 heterocycles. The molecule has 0 saturated heterocycles. The Morgan fingerprint density at radius 1 is 1.36 bits per heavy atom. The smallest absolute Gasteiger partial charge is 0.0580 e. The standard InChI is InChI=1S/C12H25NO/c1-4-10(3)13(5-2)9-11-7-6-8-12(11)14/h10-12,14H,4-9H2,1-3H3. The maximum absolute atomic E-state index is 9.76. The van der Waals surface area contributed by atoms with E-state index >= 15 is 0 Å². The lowest BCUT2D eigenvalue weighted by molar-refractivity contribution is 0.0897. The van der Waals surface area contributed by atoms with Crippen LogP contribution in [0.4, 0.5) is 0 Å². The average molecular weight is 199 g/mol. The van der Waals surface area contributed by atoms with Crippen LogP contribution in [0, 0.1) is 5.92 Å². The molecule has 1 fully saturated rings. The van der Waals surface area contributed by atoms with Crippen LogP contribution in [0.5, 0.6) is 0 Å². The summed E-state index contributed by atoms with van der Waals surface area (Å²) in [5.74, 6) is 0.531. The first-order valence-corrected chi connectivity index (χ1v) is 6.11. The lowest BCUT2D eigenvalue weighted by atomic mass is 10.0. The Morgan fingerprint density at radius 3 is 2.50 bits per heavy atom. The van der Waals surface area contributed by atoms with Crippen molar-refractivity contribution in [1.82, 2.24) is 4.90 Å². The molecule has 0 aromatic rings. The van der Waals surface area contributed by atoms with E-state index < -0.39 is 0 Å². The van der Waals surface area contributed by atoms with Gasteiger partial charge in [-0.3, -0.25) is 0 Å². The van der Waals surface area contributed by atoms with E-state index in [-0.39, 0.29) is 6.10 Å². The molecule has 2 heteroatoms. The molecule has 14 heavy (non-hydrogen) atoms. The van der Waals surface area contributed by atoms with E-state index in [1.54, 1.807) is 0 Å². The quantitative estimate of drug-likeness (QED) is 0.734. The monoisotopic (exact) mass is 199 g/mol. The van der Waals surface area contributed by atoms with Crippen LogP contribution >= 0.6 is 0 Å². The third-order valence-electron chi connectivity index (χ3n) is 3.71. The molecule has 0 bridgehead atoms. The molecule has 0 amide bonds. The van der Waals surface area contributed by atoms with Crippen LogP contribution in [-0.2, 0) is 0 Å². The number of hydrogen-bond acceptors (Lipinski definition) is 2. The summed E-state index contributed by atoms with van der Waals surface area (Å²) in [5.41, 5.74) is 0. The van der Waals surface area contributed by atoms with Crippen molar-refractivity contribution >= 4 is 0 Å². The summed E-state index contributed by atoms with van der Waals surface area (Å²) in [7, 11) is 0. The van der Waals surface area contributed by atoms with Gasteiger partial charge < -0.3 is 10.0 Å². The Morgan fingerprint density at radius 2 is 2.07 bits per heavy atom. The van der Waals surface area contributed by atoms with Crippen molar-refractivity contribution in [3.8, 4) is 0 Å².